The van der Waals surface area contributed by atoms with Crippen LogP contribution in [-0.4, -0.2) is 35.1 Å². The van der Waals surface area contributed by atoms with E-state index in [2.05, 4.69) is 6.92 Å². The van der Waals surface area contributed by atoms with Crippen molar-refractivity contribution in [2.75, 3.05) is 13.1 Å². The van der Waals surface area contributed by atoms with Crippen LogP contribution in [0.25, 0.3) is 0 Å². The van der Waals surface area contributed by atoms with E-state index in [0.717, 1.165) is 25.9 Å². The molecule has 0 radical (unpaired) electrons. The van der Waals surface area contributed by atoms with Crippen molar-refractivity contribution in [3.05, 3.63) is 0 Å². The van der Waals surface area contributed by atoms with Crippen LogP contribution in [0.1, 0.15) is 72.1 Å². The number of carbonyl (C=O) groups excluding carboxylic acids is 1. The Morgan fingerprint density at radius 1 is 1.17 bits per heavy atom. The van der Waals surface area contributed by atoms with Gasteiger partial charge in [-0.25, -0.2) is 0 Å². The molecule has 108 valence electrons. The van der Waals surface area contributed by atoms with Gasteiger partial charge in [0.25, 0.3) is 0 Å². The van der Waals surface area contributed by atoms with Gasteiger partial charge in [-0.1, -0.05) is 39.0 Å². The van der Waals surface area contributed by atoms with E-state index < -0.39 is 0 Å². The van der Waals surface area contributed by atoms with Crippen LogP contribution < -0.4 is 0 Å². The summed E-state index contributed by atoms with van der Waals surface area (Å²) in [5.41, 5.74) is 0. The summed E-state index contributed by atoms with van der Waals surface area (Å²) in [4.78, 5) is 13.3. The van der Waals surface area contributed by atoms with Crippen LogP contribution in [0.4, 0.5) is 0 Å². The number of aliphatic hydroxyl groups is 1. The molecule has 1 aliphatic heterocycles. The maximum absolute atomic E-state index is 11.3. The van der Waals surface area contributed by atoms with Gasteiger partial charge >= 0.3 is 0 Å². The van der Waals surface area contributed by atoms with Crippen LogP contribution in [0.2, 0.25) is 0 Å². The van der Waals surface area contributed by atoms with Crippen LogP contribution in [0.15, 0.2) is 0 Å². The van der Waals surface area contributed by atoms with E-state index in [1.165, 1.54) is 38.5 Å². The molecule has 18 heavy (non-hydrogen) atoms. The van der Waals surface area contributed by atoms with E-state index in [9.17, 15) is 4.79 Å². The fourth-order valence-corrected chi connectivity index (χ4v) is 2.02. The molecule has 1 aliphatic rings. The Morgan fingerprint density at radius 3 is 2.22 bits per heavy atom. The smallest absolute Gasteiger partial charge is 0.222 e. The standard InChI is InChI=1S/C12H23NO.C3H8O/c1-2-3-4-5-6-7-10-13-11-8-9-12(13)14;1-3(2)4/h2-11H2,1H3;3-4H,1-2H3. The molecule has 3 nitrogen and oxygen atoms in total. The number of hydrogen-bond acceptors (Lipinski definition) is 2. The molecular weight excluding hydrogens is 226 g/mol. The van der Waals surface area contributed by atoms with Gasteiger partial charge in [0.05, 0.1) is 0 Å². The molecule has 1 fully saturated rings. The monoisotopic (exact) mass is 257 g/mol. The Balaban J connectivity index is 0.000000631. The van der Waals surface area contributed by atoms with Crippen LogP contribution in [0, 0.1) is 0 Å². The molecule has 1 heterocycles. The summed E-state index contributed by atoms with van der Waals surface area (Å²) in [5, 5.41) is 8.06. The molecule has 0 aliphatic carbocycles. The summed E-state index contributed by atoms with van der Waals surface area (Å²) in [6.07, 6.45) is 9.58. The third-order valence-corrected chi connectivity index (χ3v) is 2.95. The maximum Gasteiger partial charge on any atom is 0.222 e. The molecule has 1 N–H and O–H groups in total. The molecule has 0 bridgehead atoms. The third-order valence-electron chi connectivity index (χ3n) is 2.95. The van der Waals surface area contributed by atoms with Crippen molar-refractivity contribution in [3.63, 3.8) is 0 Å². The first-order valence-corrected chi connectivity index (χ1v) is 7.53. The molecule has 0 aromatic rings. The highest BCUT2D eigenvalue weighted by molar-refractivity contribution is 5.77. The summed E-state index contributed by atoms with van der Waals surface area (Å²) in [5.74, 6) is 0.374. The number of rotatable bonds is 7. The average molecular weight is 257 g/mol. The highest BCUT2D eigenvalue weighted by Gasteiger charge is 2.18. The van der Waals surface area contributed by atoms with Gasteiger partial charge in [-0.15, -0.1) is 0 Å². The fraction of sp³-hybridized carbons (Fsp3) is 0.933. The van der Waals surface area contributed by atoms with Crippen molar-refractivity contribution in [3.8, 4) is 0 Å². The van der Waals surface area contributed by atoms with Gasteiger partial charge in [0.2, 0.25) is 5.91 Å². The molecule has 0 spiro atoms. The summed E-state index contributed by atoms with van der Waals surface area (Å²) in [6.45, 7) is 7.70. The van der Waals surface area contributed by atoms with E-state index >= 15 is 0 Å². The van der Waals surface area contributed by atoms with Gasteiger partial charge in [0.15, 0.2) is 0 Å². The Morgan fingerprint density at radius 2 is 1.72 bits per heavy atom. The second-order valence-electron chi connectivity index (χ2n) is 5.35. The summed E-state index contributed by atoms with van der Waals surface area (Å²) in [6, 6.07) is 0. The second-order valence-corrected chi connectivity index (χ2v) is 5.35. The first kappa shape index (κ1) is 17.4. The van der Waals surface area contributed by atoms with Gasteiger partial charge < -0.3 is 10.0 Å². The highest BCUT2D eigenvalue weighted by atomic mass is 16.3. The van der Waals surface area contributed by atoms with Crippen molar-refractivity contribution in [2.45, 2.75) is 78.2 Å². The molecule has 0 aromatic heterocycles. The lowest BCUT2D eigenvalue weighted by atomic mass is 10.1. The van der Waals surface area contributed by atoms with Crippen molar-refractivity contribution in [2.24, 2.45) is 0 Å². The molecular formula is C15H31NO2. The summed E-state index contributed by atoms with van der Waals surface area (Å²) in [7, 11) is 0. The van der Waals surface area contributed by atoms with Crippen molar-refractivity contribution >= 4 is 5.91 Å². The van der Waals surface area contributed by atoms with Crippen LogP contribution in [0.3, 0.4) is 0 Å². The first-order chi connectivity index (χ1) is 8.57. The SMILES string of the molecule is CC(C)O.CCCCCCCCN1CCCC1=O. The van der Waals surface area contributed by atoms with Gasteiger partial charge in [0.1, 0.15) is 0 Å². The van der Waals surface area contributed by atoms with Crippen molar-refractivity contribution in [1.82, 2.24) is 4.90 Å². The summed E-state index contributed by atoms with van der Waals surface area (Å²) < 4.78 is 0. The third kappa shape index (κ3) is 10.6. The molecule has 0 aromatic carbocycles. The van der Waals surface area contributed by atoms with Gasteiger partial charge in [-0.05, 0) is 26.7 Å². The molecule has 0 unspecified atom stereocenters. The van der Waals surface area contributed by atoms with Gasteiger partial charge in [-0.2, -0.15) is 0 Å². The predicted molar refractivity (Wildman–Crippen MR) is 76.5 cm³/mol. The second kappa shape index (κ2) is 11.5. The van der Waals surface area contributed by atoms with E-state index in [-0.39, 0.29) is 6.10 Å². The number of likely N-dealkylation sites (tertiary alicyclic amines) is 1. The normalized spacial score (nSPS) is 14.9. The Labute approximate surface area is 113 Å². The van der Waals surface area contributed by atoms with Gasteiger partial charge in [0, 0.05) is 25.6 Å². The van der Waals surface area contributed by atoms with Crippen molar-refractivity contribution in [1.29, 1.82) is 0 Å². The van der Waals surface area contributed by atoms with Crippen LogP contribution >= 0.6 is 0 Å². The molecule has 0 atom stereocenters. The average Bonchev–Trinajstić information content (AvgIpc) is 2.69. The fourth-order valence-electron chi connectivity index (χ4n) is 2.02. The zero-order valence-electron chi connectivity index (χ0n) is 12.5. The number of aliphatic hydroxyl groups excluding tert-OH is 1. The van der Waals surface area contributed by atoms with Crippen molar-refractivity contribution < 1.29 is 9.90 Å². The van der Waals surface area contributed by atoms with Gasteiger partial charge in [-0.3, -0.25) is 4.79 Å². The molecule has 3 heteroatoms. The number of carbonyl (C=O) groups is 1. The number of nitrogens with zero attached hydrogens (tertiary/aromatic N) is 1. The number of amides is 1. The van der Waals surface area contributed by atoms with Crippen LogP contribution in [0.5, 0.6) is 0 Å². The minimum atomic E-state index is -0.167. The minimum Gasteiger partial charge on any atom is -0.394 e. The van der Waals surface area contributed by atoms with E-state index in [1.54, 1.807) is 13.8 Å². The zero-order valence-corrected chi connectivity index (χ0v) is 12.5. The first-order valence-electron chi connectivity index (χ1n) is 7.53. The molecule has 1 rings (SSSR count). The van der Waals surface area contributed by atoms with E-state index in [0.29, 0.717) is 5.91 Å². The Hall–Kier alpha value is -0.570. The van der Waals surface area contributed by atoms with E-state index in [1.807, 2.05) is 4.90 Å². The molecule has 0 saturated carbocycles. The zero-order chi connectivity index (χ0) is 13.8. The Bertz CT molecular complexity index is 202. The number of hydrogen-bond donors (Lipinski definition) is 1. The molecule has 1 amide bonds. The van der Waals surface area contributed by atoms with E-state index in [4.69, 9.17) is 5.11 Å². The Kier molecular flexibility index (Phi) is 11.2. The lowest BCUT2D eigenvalue weighted by Crippen LogP contribution is -2.25. The number of unbranched alkanes of at least 4 members (excludes halogenated alkanes) is 5. The largest absolute Gasteiger partial charge is 0.394 e. The topological polar surface area (TPSA) is 40.5 Å². The lowest BCUT2D eigenvalue weighted by molar-refractivity contribution is -0.127. The highest BCUT2D eigenvalue weighted by Crippen LogP contribution is 2.12. The predicted octanol–water partition coefficient (Wildman–Crippen LogP) is 3.36. The summed E-state index contributed by atoms with van der Waals surface area (Å²) >= 11 is 0. The minimum absolute atomic E-state index is 0.167. The lowest BCUT2D eigenvalue weighted by Gasteiger charge is -2.14. The molecule has 1 saturated heterocycles. The quantitative estimate of drug-likeness (QED) is 0.710. The van der Waals surface area contributed by atoms with Crippen LogP contribution in [-0.2, 0) is 4.79 Å². The maximum atomic E-state index is 11.3.